The first-order chi connectivity index (χ1) is 9.63. The van der Waals surface area contributed by atoms with Gasteiger partial charge in [-0.15, -0.1) is 0 Å². The maximum atomic E-state index is 4.72. The summed E-state index contributed by atoms with van der Waals surface area (Å²) in [5.74, 6) is 1.89. The van der Waals surface area contributed by atoms with E-state index in [1.165, 1.54) is 37.1 Å². The van der Waals surface area contributed by atoms with E-state index in [1.807, 2.05) is 11.7 Å². The number of hydrogen-bond acceptors (Lipinski definition) is 3. The summed E-state index contributed by atoms with van der Waals surface area (Å²) in [7, 11) is 1.98. The molecule has 0 saturated carbocycles. The van der Waals surface area contributed by atoms with Crippen LogP contribution >= 0.6 is 0 Å². The molecule has 0 atom stereocenters. The van der Waals surface area contributed by atoms with Crippen LogP contribution in [0.1, 0.15) is 29.8 Å². The van der Waals surface area contributed by atoms with Gasteiger partial charge in [-0.25, -0.2) is 9.67 Å². The Balaban J connectivity index is 1.85. The first kappa shape index (κ1) is 13.3. The molecule has 2 aromatic rings. The SMILES string of the molecule is Cc1ccc(-c2nc(CN3CCCC3)nn2C)cc1C. The molecule has 0 radical (unpaired) electrons. The average Bonchev–Trinajstić information content (AvgIpc) is 3.03. The number of aromatic nitrogens is 3. The van der Waals surface area contributed by atoms with Crippen molar-refractivity contribution in [2.45, 2.75) is 33.2 Å². The first-order valence-electron chi connectivity index (χ1n) is 7.33. The first-order valence-corrected chi connectivity index (χ1v) is 7.33. The van der Waals surface area contributed by atoms with Gasteiger partial charge in [-0.1, -0.05) is 12.1 Å². The molecule has 1 fully saturated rings. The van der Waals surface area contributed by atoms with Crippen LogP contribution in [0, 0.1) is 13.8 Å². The molecule has 4 heteroatoms. The highest BCUT2D eigenvalue weighted by Gasteiger charge is 2.16. The molecule has 1 aliphatic rings. The summed E-state index contributed by atoms with van der Waals surface area (Å²) in [4.78, 5) is 7.15. The molecule has 0 N–H and O–H groups in total. The molecule has 3 rings (SSSR count). The molecule has 0 unspecified atom stereocenters. The Kier molecular flexibility index (Phi) is 3.57. The van der Waals surface area contributed by atoms with Crippen molar-refractivity contribution in [1.82, 2.24) is 19.7 Å². The van der Waals surface area contributed by atoms with Gasteiger partial charge in [-0.3, -0.25) is 4.90 Å². The van der Waals surface area contributed by atoms with E-state index < -0.39 is 0 Å². The molecule has 1 aromatic carbocycles. The van der Waals surface area contributed by atoms with Gasteiger partial charge in [0.25, 0.3) is 0 Å². The van der Waals surface area contributed by atoms with E-state index in [-0.39, 0.29) is 0 Å². The molecule has 1 aliphatic heterocycles. The number of aryl methyl sites for hydroxylation is 3. The van der Waals surface area contributed by atoms with Gasteiger partial charge in [0, 0.05) is 12.6 Å². The molecule has 0 bridgehead atoms. The third kappa shape index (κ3) is 2.61. The van der Waals surface area contributed by atoms with E-state index in [1.54, 1.807) is 0 Å². The Morgan fingerprint density at radius 1 is 1.10 bits per heavy atom. The number of rotatable bonds is 3. The van der Waals surface area contributed by atoms with Crippen molar-refractivity contribution in [2.24, 2.45) is 7.05 Å². The Bertz CT molecular complexity index is 609. The van der Waals surface area contributed by atoms with Gasteiger partial charge in [0.2, 0.25) is 0 Å². The standard InChI is InChI=1S/C16H22N4/c1-12-6-7-14(10-13(12)2)16-17-15(18-19(16)3)11-20-8-4-5-9-20/h6-7,10H,4-5,8-9,11H2,1-3H3. The highest BCUT2D eigenvalue weighted by atomic mass is 15.3. The second-order valence-electron chi connectivity index (χ2n) is 5.76. The summed E-state index contributed by atoms with van der Waals surface area (Å²) in [6.45, 7) is 7.50. The Morgan fingerprint density at radius 3 is 2.55 bits per heavy atom. The predicted octanol–water partition coefficient (Wildman–Crippen LogP) is 2.69. The van der Waals surface area contributed by atoms with E-state index in [0.29, 0.717) is 0 Å². The van der Waals surface area contributed by atoms with E-state index >= 15 is 0 Å². The van der Waals surface area contributed by atoms with Gasteiger partial charge in [-0.05, 0) is 57.0 Å². The van der Waals surface area contributed by atoms with Crippen LogP contribution in [0.3, 0.4) is 0 Å². The lowest BCUT2D eigenvalue weighted by Gasteiger charge is -2.10. The lowest BCUT2D eigenvalue weighted by molar-refractivity contribution is 0.322. The molecule has 1 aromatic heterocycles. The second-order valence-corrected chi connectivity index (χ2v) is 5.76. The maximum absolute atomic E-state index is 4.72. The van der Waals surface area contributed by atoms with E-state index in [4.69, 9.17) is 4.98 Å². The molecule has 106 valence electrons. The highest BCUT2D eigenvalue weighted by Crippen LogP contribution is 2.21. The smallest absolute Gasteiger partial charge is 0.165 e. The Hall–Kier alpha value is -1.68. The van der Waals surface area contributed by atoms with Crippen molar-refractivity contribution in [3.05, 3.63) is 35.2 Å². The van der Waals surface area contributed by atoms with Crippen LogP contribution in [-0.2, 0) is 13.6 Å². The fourth-order valence-electron chi connectivity index (χ4n) is 2.78. The van der Waals surface area contributed by atoms with Crippen molar-refractivity contribution < 1.29 is 0 Å². The average molecular weight is 270 g/mol. The largest absolute Gasteiger partial charge is 0.296 e. The number of likely N-dealkylation sites (tertiary alicyclic amines) is 1. The fraction of sp³-hybridized carbons (Fsp3) is 0.500. The molecular weight excluding hydrogens is 248 g/mol. The fourth-order valence-corrected chi connectivity index (χ4v) is 2.78. The topological polar surface area (TPSA) is 34.0 Å². The van der Waals surface area contributed by atoms with Gasteiger partial charge in [0.1, 0.15) is 0 Å². The molecule has 20 heavy (non-hydrogen) atoms. The zero-order valence-electron chi connectivity index (χ0n) is 12.6. The summed E-state index contributed by atoms with van der Waals surface area (Å²) >= 11 is 0. The molecular formula is C16H22N4. The summed E-state index contributed by atoms with van der Waals surface area (Å²) in [6, 6.07) is 6.48. The summed E-state index contributed by atoms with van der Waals surface area (Å²) in [6.07, 6.45) is 2.60. The van der Waals surface area contributed by atoms with Crippen molar-refractivity contribution in [2.75, 3.05) is 13.1 Å². The molecule has 4 nitrogen and oxygen atoms in total. The van der Waals surface area contributed by atoms with Gasteiger partial charge >= 0.3 is 0 Å². The monoisotopic (exact) mass is 270 g/mol. The zero-order valence-corrected chi connectivity index (χ0v) is 12.6. The summed E-state index contributed by atoms with van der Waals surface area (Å²) in [5.41, 5.74) is 3.76. The van der Waals surface area contributed by atoms with Gasteiger partial charge < -0.3 is 0 Å². The number of benzene rings is 1. The van der Waals surface area contributed by atoms with E-state index in [9.17, 15) is 0 Å². The van der Waals surface area contributed by atoms with Crippen molar-refractivity contribution in [3.63, 3.8) is 0 Å². The molecule has 1 saturated heterocycles. The van der Waals surface area contributed by atoms with E-state index in [0.717, 1.165) is 23.8 Å². The van der Waals surface area contributed by atoms with Crippen LogP contribution in [0.15, 0.2) is 18.2 Å². The van der Waals surface area contributed by atoms with Gasteiger partial charge in [0.15, 0.2) is 11.6 Å². The normalized spacial score (nSPS) is 15.9. The molecule has 0 aliphatic carbocycles. The zero-order chi connectivity index (χ0) is 14.1. The number of hydrogen-bond donors (Lipinski definition) is 0. The summed E-state index contributed by atoms with van der Waals surface area (Å²) < 4.78 is 1.90. The van der Waals surface area contributed by atoms with Crippen LogP contribution in [0.5, 0.6) is 0 Å². The Morgan fingerprint density at radius 2 is 1.85 bits per heavy atom. The van der Waals surface area contributed by atoms with Crippen LogP contribution in [-0.4, -0.2) is 32.8 Å². The highest BCUT2D eigenvalue weighted by molar-refractivity contribution is 5.57. The second kappa shape index (κ2) is 5.37. The minimum Gasteiger partial charge on any atom is -0.296 e. The molecule has 2 heterocycles. The number of nitrogens with zero attached hydrogens (tertiary/aromatic N) is 4. The lowest BCUT2D eigenvalue weighted by Crippen LogP contribution is -2.19. The van der Waals surface area contributed by atoms with Gasteiger partial charge in [0.05, 0.1) is 6.54 Å². The Labute approximate surface area is 120 Å². The van der Waals surface area contributed by atoms with Crippen LogP contribution in [0.25, 0.3) is 11.4 Å². The summed E-state index contributed by atoms with van der Waals surface area (Å²) in [5, 5.41) is 4.57. The third-order valence-corrected chi connectivity index (χ3v) is 4.14. The van der Waals surface area contributed by atoms with Crippen molar-refractivity contribution >= 4 is 0 Å². The minimum absolute atomic E-state index is 0.874. The predicted molar refractivity (Wildman–Crippen MR) is 80.4 cm³/mol. The maximum Gasteiger partial charge on any atom is 0.165 e. The van der Waals surface area contributed by atoms with Crippen LogP contribution in [0.2, 0.25) is 0 Å². The van der Waals surface area contributed by atoms with Crippen molar-refractivity contribution in [3.8, 4) is 11.4 Å². The van der Waals surface area contributed by atoms with Gasteiger partial charge in [-0.2, -0.15) is 5.10 Å². The lowest BCUT2D eigenvalue weighted by atomic mass is 10.1. The molecule has 0 spiro atoms. The third-order valence-electron chi connectivity index (χ3n) is 4.14. The van der Waals surface area contributed by atoms with Crippen LogP contribution < -0.4 is 0 Å². The molecule has 0 amide bonds. The van der Waals surface area contributed by atoms with Crippen molar-refractivity contribution in [1.29, 1.82) is 0 Å². The minimum atomic E-state index is 0.874. The van der Waals surface area contributed by atoms with Crippen LogP contribution in [0.4, 0.5) is 0 Å². The quantitative estimate of drug-likeness (QED) is 0.860. The van der Waals surface area contributed by atoms with E-state index in [2.05, 4.69) is 42.0 Å².